The number of anilines is 1. The molecular formula is C16H20N2O3. The second-order valence-electron chi connectivity index (χ2n) is 5.68. The number of carbonyl (C=O) groups excluding carboxylic acids is 2. The first-order chi connectivity index (χ1) is 10.2. The van der Waals surface area contributed by atoms with Gasteiger partial charge in [0.1, 0.15) is 5.75 Å². The molecule has 112 valence electrons. The molecule has 3 rings (SSSR count). The highest BCUT2D eigenvalue weighted by atomic mass is 16.5. The van der Waals surface area contributed by atoms with E-state index in [0.29, 0.717) is 11.4 Å². The van der Waals surface area contributed by atoms with Gasteiger partial charge < -0.3 is 10.1 Å². The molecule has 3 amide bonds. The molecular weight excluding hydrogens is 268 g/mol. The standard InChI is InChI=1S/C16H20N2O3/c1-21-12-7-5-6-11(10-12)18-15(19)13-8-3-2-4-9-14(13)17-16(18)20/h5-7,10,13-14H,2-4,8-9H2,1H3,(H,17,20). The number of urea groups is 1. The largest absolute Gasteiger partial charge is 0.497 e. The fourth-order valence-electron chi connectivity index (χ4n) is 3.26. The highest BCUT2D eigenvalue weighted by Gasteiger charge is 2.41. The third-order valence-electron chi connectivity index (χ3n) is 4.38. The summed E-state index contributed by atoms with van der Waals surface area (Å²) in [5.74, 6) is 0.450. The lowest BCUT2D eigenvalue weighted by Crippen LogP contribution is -2.60. The number of hydrogen-bond acceptors (Lipinski definition) is 3. The van der Waals surface area contributed by atoms with Crippen LogP contribution >= 0.6 is 0 Å². The average Bonchev–Trinajstić information content (AvgIpc) is 2.73. The number of hydrogen-bond donors (Lipinski definition) is 1. The summed E-state index contributed by atoms with van der Waals surface area (Å²) in [4.78, 5) is 26.3. The summed E-state index contributed by atoms with van der Waals surface area (Å²) in [6, 6.07) is 6.73. The van der Waals surface area contributed by atoms with Crippen LogP contribution in [0, 0.1) is 5.92 Å². The van der Waals surface area contributed by atoms with Crippen molar-refractivity contribution in [2.45, 2.75) is 38.1 Å². The molecule has 21 heavy (non-hydrogen) atoms. The van der Waals surface area contributed by atoms with Gasteiger partial charge in [0.15, 0.2) is 0 Å². The summed E-state index contributed by atoms with van der Waals surface area (Å²) >= 11 is 0. The SMILES string of the molecule is COc1cccc(N2C(=O)NC3CCCCCC3C2=O)c1. The van der Waals surface area contributed by atoms with Gasteiger partial charge in [-0.05, 0) is 25.0 Å². The molecule has 1 aromatic rings. The number of benzene rings is 1. The predicted molar refractivity (Wildman–Crippen MR) is 79.4 cm³/mol. The molecule has 5 nitrogen and oxygen atoms in total. The number of imide groups is 1. The van der Waals surface area contributed by atoms with E-state index >= 15 is 0 Å². The number of rotatable bonds is 2. The molecule has 1 heterocycles. The maximum absolute atomic E-state index is 12.7. The van der Waals surface area contributed by atoms with E-state index in [1.807, 2.05) is 0 Å². The van der Waals surface area contributed by atoms with Gasteiger partial charge in [0, 0.05) is 12.1 Å². The quantitative estimate of drug-likeness (QED) is 0.910. The van der Waals surface area contributed by atoms with Crippen molar-refractivity contribution < 1.29 is 14.3 Å². The summed E-state index contributed by atoms with van der Waals surface area (Å²) in [5, 5.41) is 3.00. The van der Waals surface area contributed by atoms with E-state index in [1.54, 1.807) is 31.4 Å². The molecule has 0 radical (unpaired) electrons. The van der Waals surface area contributed by atoms with E-state index in [-0.39, 0.29) is 23.9 Å². The molecule has 1 N–H and O–H groups in total. The van der Waals surface area contributed by atoms with Crippen molar-refractivity contribution in [2.24, 2.45) is 5.92 Å². The van der Waals surface area contributed by atoms with Crippen LogP contribution in [0.25, 0.3) is 0 Å². The van der Waals surface area contributed by atoms with Gasteiger partial charge in [0.05, 0.1) is 18.7 Å². The first-order valence-corrected chi connectivity index (χ1v) is 7.49. The topological polar surface area (TPSA) is 58.6 Å². The molecule has 1 aliphatic heterocycles. The molecule has 1 aromatic carbocycles. The number of amides is 3. The molecule has 0 aromatic heterocycles. The molecule has 2 atom stereocenters. The number of fused-ring (bicyclic) bond motifs is 1. The van der Waals surface area contributed by atoms with Gasteiger partial charge in [0.2, 0.25) is 5.91 Å². The molecule has 0 spiro atoms. The summed E-state index contributed by atoms with van der Waals surface area (Å²) in [6.07, 6.45) is 5.01. The van der Waals surface area contributed by atoms with Gasteiger partial charge in [0.25, 0.3) is 0 Å². The molecule has 1 aliphatic carbocycles. The minimum absolute atomic E-state index is 0.00522. The molecule has 5 heteroatoms. The van der Waals surface area contributed by atoms with E-state index in [1.165, 1.54) is 4.90 Å². The minimum atomic E-state index is -0.323. The van der Waals surface area contributed by atoms with Crippen molar-refractivity contribution in [3.63, 3.8) is 0 Å². The Labute approximate surface area is 124 Å². The second kappa shape index (κ2) is 5.76. The van der Waals surface area contributed by atoms with Crippen LogP contribution in [0.4, 0.5) is 10.5 Å². The monoisotopic (exact) mass is 288 g/mol. The zero-order chi connectivity index (χ0) is 14.8. The lowest BCUT2D eigenvalue weighted by Gasteiger charge is -2.36. The van der Waals surface area contributed by atoms with Gasteiger partial charge in [-0.25, -0.2) is 9.69 Å². The van der Waals surface area contributed by atoms with Gasteiger partial charge in [-0.15, -0.1) is 0 Å². The Morgan fingerprint density at radius 1 is 1.19 bits per heavy atom. The summed E-state index contributed by atoms with van der Waals surface area (Å²) < 4.78 is 5.17. The van der Waals surface area contributed by atoms with E-state index in [2.05, 4.69) is 5.32 Å². The number of ether oxygens (including phenoxy) is 1. The third kappa shape index (κ3) is 2.60. The smallest absolute Gasteiger partial charge is 0.328 e. The summed E-state index contributed by atoms with van der Waals surface area (Å²) in [7, 11) is 1.57. The van der Waals surface area contributed by atoms with Crippen LogP contribution in [0.15, 0.2) is 24.3 Å². The molecule has 1 saturated carbocycles. The Kier molecular flexibility index (Phi) is 3.82. The van der Waals surface area contributed by atoms with Crippen LogP contribution in [-0.4, -0.2) is 25.1 Å². The average molecular weight is 288 g/mol. The fourth-order valence-corrected chi connectivity index (χ4v) is 3.26. The van der Waals surface area contributed by atoms with Crippen LogP contribution in [0.3, 0.4) is 0 Å². The first-order valence-electron chi connectivity index (χ1n) is 7.49. The Morgan fingerprint density at radius 3 is 2.81 bits per heavy atom. The van der Waals surface area contributed by atoms with Crippen LogP contribution in [0.5, 0.6) is 5.75 Å². The molecule has 2 fully saturated rings. The zero-order valence-corrected chi connectivity index (χ0v) is 12.2. The maximum Gasteiger partial charge on any atom is 0.328 e. The van der Waals surface area contributed by atoms with Crippen LogP contribution < -0.4 is 15.0 Å². The molecule has 2 aliphatic rings. The third-order valence-corrected chi connectivity index (χ3v) is 4.38. The van der Waals surface area contributed by atoms with Gasteiger partial charge >= 0.3 is 6.03 Å². The predicted octanol–water partition coefficient (Wildman–Crippen LogP) is 2.70. The normalized spacial score (nSPS) is 25.9. The van der Waals surface area contributed by atoms with E-state index < -0.39 is 0 Å². The summed E-state index contributed by atoms with van der Waals surface area (Å²) in [5.41, 5.74) is 0.569. The van der Waals surface area contributed by atoms with Crippen LogP contribution in [0.1, 0.15) is 32.1 Å². The van der Waals surface area contributed by atoms with Crippen molar-refractivity contribution in [3.8, 4) is 5.75 Å². The van der Waals surface area contributed by atoms with Gasteiger partial charge in [-0.3, -0.25) is 4.79 Å². The van der Waals surface area contributed by atoms with E-state index in [0.717, 1.165) is 32.1 Å². The number of methoxy groups -OCH3 is 1. The number of nitrogens with one attached hydrogen (secondary N) is 1. The Balaban J connectivity index is 1.91. The zero-order valence-electron chi connectivity index (χ0n) is 12.2. The van der Waals surface area contributed by atoms with Crippen LogP contribution in [0.2, 0.25) is 0 Å². The lowest BCUT2D eigenvalue weighted by molar-refractivity contribution is -0.123. The Bertz CT molecular complexity index is 558. The Hall–Kier alpha value is -2.04. The second-order valence-corrected chi connectivity index (χ2v) is 5.68. The van der Waals surface area contributed by atoms with Crippen molar-refractivity contribution >= 4 is 17.6 Å². The molecule has 0 bridgehead atoms. The molecule has 1 saturated heterocycles. The van der Waals surface area contributed by atoms with Crippen molar-refractivity contribution in [3.05, 3.63) is 24.3 Å². The van der Waals surface area contributed by atoms with Crippen LogP contribution in [-0.2, 0) is 4.79 Å². The van der Waals surface area contributed by atoms with Gasteiger partial charge in [-0.2, -0.15) is 0 Å². The Morgan fingerprint density at radius 2 is 2.00 bits per heavy atom. The van der Waals surface area contributed by atoms with Crippen molar-refractivity contribution in [1.29, 1.82) is 0 Å². The molecule has 2 unspecified atom stereocenters. The van der Waals surface area contributed by atoms with Crippen molar-refractivity contribution in [1.82, 2.24) is 5.32 Å². The minimum Gasteiger partial charge on any atom is -0.497 e. The number of nitrogens with zero attached hydrogens (tertiary/aromatic N) is 1. The fraction of sp³-hybridized carbons (Fsp3) is 0.500. The maximum atomic E-state index is 12.7. The van der Waals surface area contributed by atoms with Crippen molar-refractivity contribution in [2.75, 3.05) is 12.0 Å². The highest BCUT2D eigenvalue weighted by molar-refractivity contribution is 6.17. The number of carbonyl (C=O) groups is 2. The van der Waals surface area contributed by atoms with E-state index in [4.69, 9.17) is 4.74 Å². The lowest BCUT2D eigenvalue weighted by atomic mass is 9.91. The van der Waals surface area contributed by atoms with E-state index in [9.17, 15) is 9.59 Å². The van der Waals surface area contributed by atoms with Gasteiger partial charge in [-0.1, -0.05) is 25.3 Å². The highest BCUT2D eigenvalue weighted by Crippen LogP contribution is 2.31. The summed E-state index contributed by atoms with van der Waals surface area (Å²) in [6.45, 7) is 0. The first kappa shape index (κ1) is 13.9.